The lowest BCUT2D eigenvalue weighted by Gasteiger charge is -2.36. The number of anilines is 3. The molecule has 11 heteroatoms. The van der Waals surface area contributed by atoms with Crippen LogP contribution in [0.3, 0.4) is 0 Å². The van der Waals surface area contributed by atoms with Gasteiger partial charge in [0, 0.05) is 18.3 Å². The molecule has 1 aliphatic rings. The molecule has 184 valence electrons. The minimum absolute atomic E-state index is 0.179. The average molecular weight is 534 g/mol. The second-order valence-electron chi connectivity index (χ2n) is 8.89. The summed E-state index contributed by atoms with van der Waals surface area (Å²) in [6.45, 7) is 7.05. The van der Waals surface area contributed by atoms with E-state index in [0.717, 1.165) is 13.0 Å². The molecule has 1 amide bonds. The normalized spacial score (nSPS) is 17.3. The van der Waals surface area contributed by atoms with Crippen LogP contribution in [0.25, 0.3) is 0 Å². The molecule has 0 spiro atoms. The third kappa shape index (κ3) is 5.07. The Morgan fingerprint density at radius 1 is 1.11 bits per heavy atom. The SMILES string of the molecule is CC1CCN(c2ncccc2C(=O)NS(=O)(=O)c2cccc(Nc3cccc(Cl)c3Cl)n2)C1(C)C. The Labute approximate surface area is 214 Å². The average Bonchev–Trinajstić information content (AvgIpc) is 3.09. The number of nitrogens with zero attached hydrogens (tertiary/aromatic N) is 3. The highest BCUT2D eigenvalue weighted by Gasteiger charge is 2.40. The van der Waals surface area contributed by atoms with Gasteiger partial charge in [-0.2, -0.15) is 8.42 Å². The summed E-state index contributed by atoms with van der Waals surface area (Å²) in [4.78, 5) is 23.7. The molecule has 1 saturated heterocycles. The van der Waals surface area contributed by atoms with Gasteiger partial charge in [0.2, 0.25) is 0 Å². The highest BCUT2D eigenvalue weighted by molar-refractivity contribution is 7.90. The molecule has 1 unspecified atom stereocenters. The van der Waals surface area contributed by atoms with Crippen LogP contribution in [-0.2, 0) is 10.0 Å². The van der Waals surface area contributed by atoms with Gasteiger partial charge in [-0.05, 0) is 62.6 Å². The second-order valence-corrected chi connectivity index (χ2v) is 11.3. The summed E-state index contributed by atoms with van der Waals surface area (Å²) in [6, 6.07) is 12.6. The van der Waals surface area contributed by atoms with E-state index >= 15 is 0 Å². The molecule has 2 aromatic heterocycles. The highest BCUT2D eigenvalue weighted by Crippen LogP contribution is 2.38. The lowest BCUT2D eigenvalue weighted by molar-refractivity contribution is 0.0981. The van der Waals surface area contributed by atoms with Crippen molar-refractivity contribution in [2.24, 2.45) is 5.92 Å². The number of sulfonamides is 1. The first-order chi connectivity index (χ1) is 16.5. The van der Waals surface area contributed by atoms with Crippen LogP contribution in [0, 0.1) is 5.92 Å². The van der Waals surface area contributed by atoms with Gasteiger partial charge in [-0.15, -0.1) is 0 Å². The van der Waals surface area contributed by atoms with E-state index in [9.17, 15) is 13.2 Å². The van der Waals surface area contributed by atoms with E-state index in [2.05, 4.69) is 45.7 Å². The number of hydrogen-bond donors (Lipinski definition) is 2. The molecule has 0 saturated carbocycles. The number of aromatic nitrogens is 2. The van der Waals surface area contributed by atoms with Crippen molar-refractivity contribution in [2.75, 3.05) is 16.8 Å². The zero-order chi connectivity index (χ0) is 25.4. The number of benzene rings is 1. The molecule has 0 bridgehead atoms. The van der Waals surface area contributed by atoms with E-state index in [4.69, 9.17) is 23.2 Å². The Morgan fingerprint density at radius 3 is 2.57 bits per heavy atom. The molecule has 0 aliphatic carbocycles. The number of halogens is 2. The largest absolute Gasteiger partial charge is 0.351 e. The molecule has 1 aliphatic heterocycles. The van der Waals surface area contributed by atoms with Gasteiger partial charge in [-0.3, -0.25) is 4.79 Å². The molecule has 1 atom stereocenters. The quantitative estimate of drug-likeness (QED) is 0.444. The summed E-state index contributed by atoms with van der Waals surface area (Å²) < 4.78 is 28.2. The van der Waals surface area contributed by atoms with Crippen molar-refractivity contribution in [2.45, 2.75) is 37.8 Å². The molecular formula is C24H25Cl2N5O3S. The predicted octanol–water partition coefficient (Wildman–Crippen LogP) is 5.27. The van der Waals surface area contributed by atoms with E-state index < -0.39 is 15.9 Å². The van der Waals surface area contributed by atoms with Crippen molar-refractivity contribution < 1.29 is 13.2 Å². The molecule has 4 rings (SSSR count). The first kappa shape index (κ1) is 25.2. The minimum atomic E-state index is -4.28. The summed E-state index contributed by atoms with van der Waals surface area (Å²) in [5, 5.41) is 3.25. The zero-order valence-electron chi connectivity index (χ0n) is 19.4. The first-order valence-electron chi connectivity index (χ1n) is 11.0. The van der Waals surface area contributed by atoms with Crippen molar-refractivity contribution in [3.05, 3.63) is 70.3 Å². The van der Waals surface area contributed by atoms with Gasteiger partial charge in [-0.1, -0.05) is 42.3 Å². The Morgan fingerprint density at radius 2 is 1.86 bits per heavy atom. The fraction of sp³-hybridized carbons (Fsp3) is 0.292. The van der Waals surface area contributed by atoms with E-state index in [-0.39, 0.29) is 27.0 Å². The van der Waals surface area contributed by atoms with Gasteiger partial charge in [0.05, 0.1) is 21.3 Å². The van der Waals surface area contributed by atoms with Crippen LogP contribution >= 0.6 is 23.2 Å². The molecule has 3 aromatic rings. The van der Waals surface area contributed by atoms with Crippen LogP contribution in [-0.4, -0.2) is 36.4 Å². The molecule has 0 radical (unpaired) electrons. The summed E-state index contributed by atoms with van der Waals surface area (Å²) in [6.07, 6.45) is 2.54. The number of hydrogen-bond acceptors (Lipinski definition) is 7. The number of nitrogens with one attached hydrogen (secondary N) is 2. The molecule has 2 N–H and O–H groups in total. The van der Waals surface area contributed by atoms with Crippen LogP contribution in [0.15, 0.2) is 59.8 Å². The summed E-state index contributed by atoms with van der Waals surface area (Å²) in [5.74, 6) is 0.283. The van der Waals surface area contributed by atoms with Crippen molar-refractivity contribution in [3.8, 4) is 0 Å². The van der Waals surface area contributed by atoms with Crippen molar-refractivity contribution >= 4 is 56.5 Å². The van der Waals surface area contributed by atoms with Crippen LogP contribution in [0.4, 0.5) is 17.3 Å². The number of rotatable bonds is 6. The van der Waals surface area contributed by atoms with Gasteiger partial charge in [0.25, 0.3) is 15.9 Å². The van der Waals surface area contributed by atoms with Crippen molar-refractivity contribution in [3.63, 3.8) is 0 Å². The molecule has 8 nitrogen and oxygen atoms in total. The van der Waals surface area contributed by atoms with Gasteiger partial charge < -0.3 is 10.2 Å². The summed E-state index contributed by atoms with van der Waals surface area (Å²) in [5.41, 5.74) is 0.414. The summed E-state index contributed by atoms with van der Waals surface area (Å²) in [7, 11) is -4.28. The monoisotopic (exact) mass is 533 g/mol. The Kier molecular flexibility index (Phi) is 6.95. The Hall–Kier alpha value is -2.88. The van der Waals surface area contributed by atoms with Crippen LogP contribution in [0.5, 0.6) is 0 Å². The van der Waals surface area contributed by atoms with E-state index in [1.807, 2.05) is 0 Å². The van der Waals surface area contributed by atoms with Crippen molar-refractivity contribution in [1.82, 2.24) is 14.7 Å². The van der Waals surface area contributed by atoms with Crippen LogP contribution in [0.1, 0.15) is 37.6 Å². The lowest BCUT2D eigenvalue weighted by Crippen LogP contribution is -2.43. The number of pyridine rings is 2. The van der Waals surface area contributed by atoms with Gasteiger partial charge in [0.15, 0.2) is 5.03 Å². The zero-order valence-corrected chi connectivity index (χ0v) is 21.7. The molecule has 35 heavy (non-hydrogen) atoms. The molecule has 1 fully saturated rings. The standard InChI is InChI=1S/C24H25Cl2N5O3S/c1-15-12-14-31(24(15,2)3)22-16(7-6-13-27-22)23(32)30-35(33,34)20-11-5-10-19(29-20)28-18-9-4-8-17(25)21(18)26/h4-11,13,15H,12,14H2,1-3H3,(H,28,29)(H,30,32). The van der Waals surface area contributed by atoms with Crippen molar-refractivity contribution in [1.29, 1.82) is 0 Å². The fourth-order valence-electron chi connectivity index (χ4n) is 4.00. The number of amides is 1. The van der Waals surface area contributed by atoms with Crippen LogP contribution in [0.2, 0.25) is 10.0 Å². The maximum Gasteiger partial charge on any atom is 0.281 e. The highest BCUT2D eigenvalue weighted by atomic mass is 35.5. The second kappa shape index (κ2) is 9.64. The molecule has 1 aromatic carbocycles. The Balaban J connectivity index is 1.59. The number of carbonyl (C=O) groups excluding carboxylic acids is 1. The fourth-order valence-corrected chi connectivity index (χ4v) is 5.28. The number of carbonyl (C=O) groups is 1. The third-order valence-corrected chi connectivity index (χ3v) is 8.47. The van der Waals surface area contributed by atoms with E-state index in [0.29, 0.717) is 22.4 Å². The Bertz CT molecular complexity index is 1380. The lowest BCUT2D eigenvalue weighted by atomic mass is 9.90. The first-order valence-corrected chi connectivity index (χ1v) is 13.2. The maximum atomic E-state index is 13.1. The molecular weight excluding hydrogens is 509 g/mol. The third-order valence-electron chi connectivity index (χ3n) is 6.41. The van der Waals surface area contributed by atoms with Gasteiger partial charge in [0.1, 0.15) is 11.6 Å². The van der Waals surface area contributed by atoms with Gasteiger partial charge >= 0.3 is 0 Å². The van der Waals surface area contributed by atoms with E-state index in [1.54, 1.807) is 42.6 Å². The summed E-state index contributed by atoms with van der Waals surface area (Å²) >= 11 is 12.2. The smallest absolute Gasteiger partial charge is 0.281 e. The maximum absolute atomic E-state index is 13.1. The van der Waals surface area contributed by atoms with Gasteiger partial charge in [-0.25, -0.2) is 14.7 Å². The molecule has 3 heterocycles. The predicted molar refractivity (Wildman–Crippen MR) is 138 cm³/mol. The van der Waals surface area contributed by atoms with E-state index in [1.165, 1.54) is 12.1 Å². The van der Waals surface area contributed by atoms with Crippen LogP contribution < -0.4 is 14.9 Å². The minimum Gasteiger partial charge on any atom is -0.351 e. The topological polar surface area (TPSA) is 104 Å².